The Morgan fingerprint density at radius 2 is 1.23 bits per heavy atom. The van der Waals surface area contributed by atoms with Gasteiger partial charge in [0.1, 0.15) is 24.3 Å². The zero-order valence-corrected chi connectivity index (χ0v) is 19.7. The van der Waals surface area contributed by atoms with Crippen molar-refractivity contribution in [3.63, 3.8) is 0 Å². The summed E-state index contributed by atoms with van der Waals surface area (Å²) >= 11 is 0. The summed E-state index contributed by atoms with van der Waals surface area (Å²) in [5.41, 5.74) is 0. The smallest absolute Gasteiger partial charge is 0.323 e. The maximum absolute atomic E-state index is 12.4. The van der Waals surface area contributed by atoms with E-state index in [1.54, 1.807) is 0 Å². The molecule has 0 spiro atoms. The molecule has 0 aliphatic heterocycles. The van der Waals surface area contributed by atoms with Crippen molar-refractivity contribution in [2.24, 2.45) is 5.92 Å². The fourth-order valence-electron chi connectivity index (χ4n) is 4.83. The number of rotatable bonds is 10. The highest BCUT2D eigenvalue weighted by atomic mass is 16.5. The van der Waals surface area contributed by atoms with Crippen molar-refractivity contribution in [2.45, 2.75) is 135 Å². The largest absolute Gasteiger partial charge is 0.461 e. The van der Waals surface area contributed by atoms with Crippen LogP contribution in [0.25, 0.3) is 0 Å². The van der Waals surface area contributed by atoms with Gasteiger partial charge in [-0.2, -0.15) is 0 Å². The molecule has 0 aromatic carbocycles. The van der Waals surface area contributed by atoms with E-state index >= 15 is 0 Å². The second kappa shape index (κ2) is 12.7. The second-order valence-electron chi connectivity index (χ2n) is 9.84. The molecule has 0 amide bonds. The van der Waals surface area contributed by atoms with Gasteiger partial charge in [0, 0.05) is 12.1 Å². The molecule has 2 saturated carbocycles. The van der Waals surface area contributed by atoms with E-state index in [0.717, 1.165) is 44.9 Å². The number of carbonyl (C=O) groups is 2. The summed E-state index contributed by atoms with van der Waals surface area (Å²) in [5, 5.41) is 6.62. The Hall–Kier alpha value is -1.14. The lowest BCUT2D eigenvalue weighted by Crippen LogP contribution is -2.43. The predicted octanol–water partition coefficient (Wildman–Crippen LogP) is 4.11. The fourth-order valence-corrected chi connectivity index (χ4v) is 4.83. The van der Waals surface area contributed by atoms with Gasteiger partial charge in [0.25, 0.3) is 0 Å². The molecular formula is C24H44N2O4. The summed E-state index contributed by atoms with van der Waals surface area (Å²) in [7, 11) is 0. The Kier molecular flexibility index (Phi) is 10.6. The van der Waals surface area contributed by atoms with Crippen LogP contribution in [-0.4, -0.2) is 48.3 Å². The van der Waals surface area contributed by atoms with E-state index in [1.165, 1.54) is 19.3 Å². The van der Waals surface area contributed by atoms with Crippen LogP contribution in [0.2, 0.25) is 0 Å². The molecule has 0 saturated heterocycles. The molecule has 174 valence electrons. The van der Waals surface area contributed by atoms with Crippen molar-refractivity contribution in [2.75, 3.05) is 0 Å². The molecule has 0 aromatic heterocycles. The summed E-state index contributed by atoms with van der Waals surface area (Å²) in [6.45, 7) is 9.98. The summed E-state index contributed by atoms with van der Waals surface area (Å²) in [6.07, 6.45) is 10.8. The van der Waals surface area contributed by atoms with Crippen LogP contribution in [0.4, 0.5) is 0 Å². The van der Waals surface area contributed by atoms with E-state index in [-0.39, 0.29) is 48.3 Å². The molecule has 2 aliphatic rings. The predicted molar refractivity (Wildman–Crippen MR) is 119 cm³/mol. The normalized spacial score (nSPS) is 26.1. The molecule has 30 heavy (non-hydrogen) atoms. The minimum absolute atomic E-state index is 0.0397. The first-order chi connectivity index (χ1) is 14.2. The minimum atomic E-state index is -0.269. The fraction of sp³-hybridized carbons (Fsp3) is 0.917. The molecule has 0 radical (unpaired) electrons. The summed E-state index contributed by atoms with van der Waals surface area (Å²) in [4.78, 5) is 24.6. The average molecular weight is 425 g/mol. The molecule has 6 heteroatoms. The average Bonchev–Trinajstić information content (AvgIpc) is 2.69. The van der Waals surface area contributed by atoms with Gasteiger partial charge >= 0.3 is 11.9 Å². The standard InChI is InChI=1S/C24H44N2O4/c1-16(2)25-18(4)23(27)30-22-13-11-20(12-14-22)15-17(3)26-19(5)24(28)29-21-9-7-6-8-10-21/h16-22,25-26H,6-15H2,1-5H3/t17?,18-,19+,20?,22?/m0/s1. The first-order valence-corrected chi connectivity index (χ1v) is 12.2. The second-order valence-corrected chi connectivity index (χ2v) is 9.84. The van der Waals surface area contributed by atoms with Gasteiger partial charge in [-0.1, -0.05) is 20.3 Å². The molecule has 0 heterocycles. The highest BCUT2D eigenvalue weighted by Crippen LogP contribution is 2.30. The SMILES string of the molecule is CC(C)N[C@@H](C)C(=O)OC1CCC(CC(C)N[C@H](C)C(=O)OC2CCCCC2)CC1. The minimum Gasteiger partial charge on any atom is -0.461 e. The monoisotopic (exact) mass is 424 g/mol. The van der Waals surface area contributed by atoms with Gasteiger partial charge in [-0.25, -0.2) is 0 Å². The molecule has 2 rings (SSSR count). The summed E-state index contributed by atoms with van der Waals surface area (Å²) in [6, 6.07) is -0.00570. The van der Waals surface area contributed by atoms with Crippen LogP contribution < -0.4 is 10.6 Å². The van der Waals surface area contributed by atoms with Gasteiger partial charge in [0.15, 0.2) is 0 Å². The lowest BCUT2D eigenvalue weighted by molar-refractivity contribution is -0.153. The number of nitrogens with one attached hydrogen (secondary N) is 2. The van der Waals surface area contributed by atoms with Crippen LogP contribution in [0, 0.1) is 5.92 Å². The van der Waals surface area contributed by atoms with Crippen LogP contribution in [-0.2, 0) is 19.1 Å². The Morgan fingerprint density at radius 1 is 0.733 bits per heavy atom. The third kappa shape index (κ3) is 8.93. The number of hydrogen-bond acceptors (Lipinski definition) is 6. The molecular weight excluding hydrogens is 380 g/mol. The van der Waals surface area contributed by atoms with Crippen LogP contribution in [0.5, 0.6) is 0 Å². The van der Waals surface area contributed by atoms with Crippen LogP contribution in [0.1, 0.15) is 98.8 Å². The Morgan fingerprint density at radius 3 is 1.77 bits per heavy atom. The van der Waals surface area contributed by atoms with Crippen molar-refractivity contribution >= 4 is 11.9 Å². The molecule has 0 bridgehead atoms. The molecule has 6 nitrogen and oxygen atoms in total. The van der Waals surface area contributed by atoms with Crippen LogP contribution in [0.15, 0.2) is 0 Å². The number of hydrogen-bond donors (Lipinski definition) is 2. The Balaban J connectivity index is 1.64. The van der Waals surface area contributed by atoms with Crippen LogP contribution >= 0.6 is 0 Å². The highest BCUT2D eigenvalue weighted by Gasteiger charge is 2.28. The summed E-state index contributed by atoms with van der Waals surface area (Å²) < 4.78 is 11.4. The molecule has 0 aromatic rings. The zero-order valence-electron chi connectivity index (χ0n) is 19.7. The van der Waals surface area contributed by atoms with Gasteiger partial charge in [-0.3, -0.25) is 9.59 Å². The van der Waals surface area contributed by atoms with E-state index in [2.05, 4.69) is 17.6 Å². The summed E-state index contributed by atoms with van der Waals surface area (Å²) in [5.74, 6) is 0.344. The van der Waals surface area contributed by atoms with Gasteiger partial charge in [0.05, 0.1) is 0 Å². The van der Waals surface area contributed by atoms with Gasteiger partial charge in [-0.05, 0) is 84.5 Å². The maximum Gasteiger partial charge on any atom is 0.323 e. The molecule has 2 aliphatic carbocycles. The van der Waals surface area contributed by atoms with Gasteiger partial charge in [0.2, 0.25) is 0 Å². The number of ether oxygens (including phenoxy) is 2. The van der Waals surface area contributed by atoms with Crippen molar-refractivity contribution in [1.82, 2.24) is 10.6 Å². The molecule has 3 atom stereocenters. The Bertz CT molecular complexity index is 525. The lowest BCUT2D eigenvalue weighted by atomic mass is 9.83. The first-order valence-electron chi connectivity index (χ1n) is 12.2. The van der Waals surface area contributed by atoms with Crippen LogP contribution in [0.3, 0.4) is 0 Å². The van der Waals surface area contributed by atoms with Gasteiger partial charge < -0.3 is 20.1 Å². The third-order valence-electron chi connectivity index (χ3n) is 6.42. The van der Waals surface area contributed by atoms with E-state index in [0.29, 0.717) is 5.92 Å². The van der Waals surface area contributed by atoms with Gasteiger partial charge in [-0.15, -0.1) is 0 Å². The van der Waals surface area contributed by atoms with Crippen molar-refractivity contribution in [3.05, 3.63) is 0 Å². The number of esters is 2. The molecule has 2 N–H and O–H groups in total. The molecule has 2 fully saturated rings. The quantitative estimate of drug-likeness (QED) is 0.514. The van der Waals surface area contributed by atoms with Crippen molar-refractivity contribution in [1.29, 1.82) is 0 Å². The van der Waals surface area contributed by atoms with E-state index in [1.807, 2.05) is 27.7 Å². The van der Waals surface area contributed by atoms with E-state index < -0.39 is 0 Å². The van der Waals surface area contributed by atoms with Crippen molar-refractivity contribution < 1.29 is 19.1 Å². The highest BCUT2D eigenvalue weighted by molar-refractivity contribution is 5.75. The Labute approximate surface area is 183 Å². The maximum atomic E-state index is 12.4. The van der Waals surface area contributed by atoms with Crippen molar-refractivity contribution in [3.8, 4) is 0 Å². The number of carbonyl (C=O) groups excluding carboxylic acids is 2. The topological polar surface area (TPSA) is 76.7 Å². The third-order valence-corrected chi connectivity index (χ3v) is 6.42. The van der Waals surface area contributed by atoms with E-state index in [4.69, 9.17) is 9.47 Å². The lowest BCUT2D eigenvalue weighted by Gasteiger charge is -2.31. The first kappa shape index (κ1) is 25.1. The zero-order chi connectivity index (χ0) is 22.1. The van der Waals surface area contributed by atoms with E-state index in [9.17, 15) is 9.59 Å². The molecule has 1 unspecified atom stereocenters.